The van der Waals surface area contributed by atoms with Crippen LogP contribution in [0.3, 0.4) is 0 Å². The van der Waals surface area contributed by atoms with Crippen LogP contribution in [0.15, 0.2) is 22.7 Å². The molecule has 3 nitrogen and oxygen atoms in total. The summed E-state index contributed by atoms with van der Waals surface area (Å²) in [6.07, 6.45) is 1.89. The van der Waals surface area contributed by atoms with Gasteiger partial charge in [0.05, 0.1) is 12.6 Å². The van der Waals surface area contributed by atoms with Gasteiger partial charge < -0.3 is 10.5 Å². The molecule has 0 heterocycles. The van der Waals surface area contributed by atoms with Gasteiger partial charge in [-0.2, -0.15) is 0 Å². The molecule has 1 rings (SSSR count). The summed E-state index contributed by atoms with van der Waals surface area (Å²) in [7, 11) is 1.60. The second kappa shape index (κ2) is 6.34. The zero-order chi connectivity index (χ0) is 13.8. The highest BCUT2D eigenvalue weighted by molar-refractivity contribution is 9.10. The molecule has 18 heavy (non-hydrogen) atoms. The van der Waals surface area contributed by atoms with Crippen molar-refractivity contribution in [1.82, 2.24) is 0 Å². The number of rotatable bonds is 6. The first-order valence-electron chi connectivity index (χ1n) is 6.05. The zero-order valence-corrected chi connectivity index (χ0v) is 12.7. The van der Waals surface area contributed by atoms with Gasteiger partial charge in [-0.05, 0) is 31.5 Å². The Hall–Kier alpha value is -0.870. The molecule has 0 aliphatic rings. The summed E-state index contributed by atoms with van der Waals surface area (Å²) < 4.78 is 6.19. The van der Waals surface area contributed by atoms with E-state index in [1.807, 2.05) is 25.1 Å². The van der Waals surface area contributed by atoms with E-state index in [0.29, 0.717) is 12.8 Å². The van der Waals surface area contributed by atoms with Gasteiger partial charge >= 0.3 is 0 Å². The van der Waals surface area contributed by atoms with Gasteiger partial charge in [0.1, 0.15) is 5.75 Å². The summed E-state index contributed by atoms with van der Waals surface area (Å²) in [6, 6.07) is 5.64. The second-order valence-electron chi connectivity index (χ2n) is 4.72. The molecule has 0 radical (unpaired) electrons. The molecule has 0 spiro atoms. The van der Waals surface area contributed by atoms with Crippen LogP contribution in [-0.2, 0) is 11.2 Å². The Bertz CT molecular complexity index is 430. The molecule has 0 aliphatic carbocycles. The number of hydrogen-bond acceptors (Lipinski definition) is 3. The number of carbonyl (C=O) groups excluding carboxylic acids is 1. The van der Waals surface area contributed by atoms with Gasteiger partial charge in [0.2, 0.25) is 0 Å². The quantitative estimate of drug-likeness (QED) is 0.878. The van der Waals surface area contributed by atoms with Crippen molar-refractivity contribution in [2.24, 2.45) is 5.73 Å². The van der Waals surface area contributed by atoms with Gasteiger partial charge in [0.25, 0.3) is 0 Å². The average Bonchev–Trinajstić information content (AvgIpc) is 2.29. The number of nitrogens with two attached hydrogens (primary N) is 1. The Morgan fingerprint density at radius 3 is 2.72 bits per heavy atom. The van der Waals surface area contributed by atoms with Crippen molar-refractivity contribution in [3.63, 3.8) is 0 Å². The van der Waals surface area contributed by atoms with E-state index < -0.39 is 5.54 Å². The van der Waals surface area contributed by atoms with E-state index in [2.05, 4.69) is 15.9 Å². The minimum absolute atomic E-state index is 0.0424. The molecule has 1 aromatic rings. The fourth-order valence-corrected chi connectivity index (χ4v) is 2.33. The fourth-order valence-electron chi connectivity index (χ4n) is 1.92. The molecular formula is C14H20BrNO2. The summed E-state index contributed by atoms with van der Waals surface area (Å²) in [5.74, 6) is 0.764. The van der Waals surface area contributed by atoms with Crippen LogP contribution in [0.2, 0.25) is 0 Å². The maximum absolute atomic E-state index is 12.2. The molecule has 0 aromatic heterocycles. The number of carbonyl (C=O) groups is 1. The normalized spacial score (nSPS) is 14.1. The van der Waals surface area contributed by atoms with Gasteiger partial charge in [0.15, 0.2) is 5.78 Å². The minimum atomic E-state index is -0.762. The fraction of sp³-hybridized carbons (Fsp3) is 0.500. The number of Topliss-reactive ketones (excluding diaryl/α,β-unsaturated/α-hetero) is 1. The lowest BCUT2D eigenvalue weighted by molar-refractivity contribution is -0.123. The third kappa shape index (κ3) is 3.82. The highest BCUT2D eigenvalue weighted by Crippen LogP contribution is 2.25. The maximum Gasteiger partial charge on any atom is 0.156 e. The van der Waals surface area contributed by atoms with Crippen molar-refractivity contribution in [2.75, 3.05) is 7.11 Å². The summed E-state index contributed by atoms with van der Waals surface area (Å²) in [5.41, 5.74) is 6.15. The van der Waals surface area contributed by atoms with Crippen molar-refractivity contribution in [3.05, 3.63) is 28.2 Å². The number of halogens is 1. The van der Waals surface area contributed by atoms with E-state index >= 15 is 0 Å². The van der Waals surface area contributed by atoms with Crippen LogP contribution in [0.1, 0.15) is 32.3 Å². The van der Waals surface area contributed by atoms with E-state index in [1.54, 1.807) is 14.0 Å². The van der Waals surface area contributed by atoms with Crippen molar-refractivity contribution in [1.29, 1.82) is 0 Å². The SMILES string of the molecule is CCCC(C)(N)C(=O)Cc1cc(Br)ccc1OC. The van der Waals surface area contributed by atoms with Crippen molar-refractivity contribution in [3.8, 4) is 5.75 Å². The first-order chi connectivity index (χ1) is 8.40. The molecule has 4 heteroatoms. The monoisotopic (exact) mass is 313 g/mol. The number of hydrogen-bond donors (Lipinski definition) is 1. The Labute approximate surface area is 117 Å². The lowest BCUT2D eigenvalue weighted by Crippen LogP contribution is -2.45. The van der Waals surface area contributed by atoms with Gasteiger partial charge in [-0.25, -0.2) is 0 Å². The smallest absolute Gasteiger partial charge is 0.156 e. The van der Waals surface area contributed by atoms with Gasteiger partial charge in [-0.1, -0.05) is 29.3 Å². The van der Waals surface area contributed by atoms with E-state index in [4.69, 9.17) is 10.5 Å². The molecule has 1 atom stereocenters. The summed E-state index contributed by atoms with van der Waals surface area (Å²) in [4.78, 5) is 12.2. The highest BCUT2D eigenvalue weighted by Gasteiger charge is 2.27. The molecule has 0 fully saturated rings. The van der Waals surface area contributed by atoms with Crippen LogP contribution in [0.5, 0.6) is 5.75 Å². The number of benzene rings is 1. The largest absolute Gasteiger partial charge is 0.496 e. The number of ketones is 1. The van der Waals surface area contributed by atoms with Crippen molar-refractivity contribution < 1.29 is 9.53 Å². The Morgan fingerprint density at radius 1 is 1.50 bits per heavy atom. The molecule has 1 aromatic carbocycles. The molecule has 1 unspecified atom stereocenters. The average molecular weight is 314 g/mol. The van der Waals surface area contributed by atoms with E-state index in [0.717, 1.165) is 22.2 Å². The van der Waals surface area contributed by atoms with Crippen LogP contribution >= 0.6 is 15.9 Å². The lowest BCUT2D eigenvalue weighted by Gasteiger charge is -2.22. The second-order valence-corrected chi connectivity index (χ2v) is 5.64. The zero-order valence-electron chi connectivity index (χ0n) is 11.1. The Balaban J connectivity index is 2.90. The van der Waals surface area contributed by atoms with Crippen LogP contribution < -0.4 is 10.5 Å². The third-order valence-corrected chi connectivity index (χ3v) is 3.49. The Kier molecular flexibility index (Phi) is 5.35. The first-order valence-corrected chi connectivity index (χ1v) is 6.84. The lowest BCUT2D eigenvalue weighted by atomic mass is 9.88. The van der Waals surface area contributed by atoms with Crippen molar-refractivity contribution in [2.45, 2.75) is 38.6 Å². The molecule has 0 amide bonds. The maximum atomic E-state index is 12.2. The predicted octanol–water partition coefficient (Wildman–Crippen LogP) is 3.09. The first kappa shape index (κ1) is 15.2. The molecule has 2 N–H and O–H groups in total. The molecular weight excluding hydrogens is 294 g/mol. The van der Waals surface area contributed by atoms with Crippen LogP contribution in [0, 0.1) is 0 Å². The van der Waals surface area contributed by atoms with E-state index in [1.165, 1.54) is 0 Å². The van der Waals surface area contributed by atoms with E-state index in [9.17, 15) is 4.79 Å². The molecule has 0 saturated carbocycles. The summed E-state index contributed by atoms with van der Waals surface area (Å²) >= 11 is 3.40. The predicted molar refractivity (Wildman–Crippen MR) is 76.9 cm³/mol. The van der Waals surface area contributed by atoms with Crippen LogP contribution in [-0.4, -0.2) is 18.4 Å². The topological polar surface area (TPSA) is 52.3 Å². The summed E-state index contributed by atoms with van der Waals surface area (Å²) in [6.45, 7) is 3.82. The van der Waals surface area contributed by atoms with Crippen molar-refractivity contribution >= 4 is 21.7 Å². The number of ether oxygens (including phenoxy) is 1. The standard InChI is InChI=1S/C14H20BrNO2/c1-4-7-14(2,16)13(17)9-10-8-11(15)5-6-12(10)18-3/h5-6,8H,4,7,9,16H2,1-3H3. The highest BCUT2D eigenvalue weighted by atomic mass is 79.9. The summed E-state index contributed by atoms with van der Waals surface area (Å²) in [5, 5.41) is 0. The minimum Gasteiger partial charge on any atom is -0.496 e. The molecule has 0 bridgehead atoms. The Morgan fingerprint density at radius 2 is 2.17 bits per heavy atom. The van der Waals surface area contributed by atoms with Gasteiger partial charge in [-0.3, -0.25) is 4.79 Å². The van der Waals surface area contributed by atoms with E-state index in [-0.39, 0.29) is 5.78 Å². The number of methoxy groups -OCH3 is 1. The van der Waals surface area contributed by atoms with Gasteiger partial charge in [-0.15, -0.1) is 0 Å². The molecule has 0 saturated heterocycles. The molecule has 100 valence electrons. The van der Waals surface area contributed by atoms with Crippen LogP contribution in [0.4, 0.5) is 0 Å². The molecule has 0 aliphatic heterocycles. The van der Waals surface area contributed by atoms with Gasteiger partial charge in [0, 0.05) is 16.5 Å². The third-order valence-electron chi connectivity index (χ3n) is 3.00. The van der Waals surface area contributed by atoms with Crippen LogP contribution in [0.25, 0.3) is 0 Å².